The maximum Gasteiger partial charge on any atom is 0.129 e. The van der Waals surface area contributed by atoms with Crippen LogP contribution in [-0.2, 0) is 6.42 Å². The van der Waals surface area contributed by atoms with Crippen LogP contribution >= 0.6 is 11.6 Å². The van der Waals surface area contributed by atoms with Gasteiger partial charge in [-0.25, -0.2) is 4.39 Å². The Morgan fingerprint density at radius 3 is 2.86 bits per heavy atom. The van der Waals surface area contributed by atoms with Gasteiger partial charge < -0.3 is 10.1 Å². The first-order valence-corrected chi connectivity index (χ1v) is 7.49. The number of fused-ring (bicyclic) bond motifs is 1. The van der Waals surface area contributed by atoms with Crippen molar-refractivity contribution in [2.45, 2.75) is 25.5 Å². The van der Waals surface area contributed by atoms with Crippen LogP contribution < -0.4 is 10.1 Å². The predicted octanol–water partition coefficient (Wildman–Crippen LogP) is 4.13. The first-order chi connectivity index (χ1) is 10.2. The molecule has 2 unspecified atom stereocenters. The summed E-state index contributed by atoms with van der Waals surface area (Å²) in [5.41, 5.74) is 1.76. The summed E-state index contributed by atoms with van der Waals surface area (Å²) in [4.78, 5) is 0. The van der Waals surface area contributed by atoms with Crippen molar-refractivity contribution >= 4 is 11.6 Å². The molecule has 2 aromatic rings. The van der Waals surface area contributed by atoms with Crippen molar-refractivity contribution in [1.82, 2.24) is 5.32 Å². The fourth-order valence-electron chi connectivity index (χ4n) is 2.81. The largest absolute Gasteiger partial charge is 0.488 e. The van der Waals surface area contributed by atoms with Crippen LogP contribution in [0.15, 0.2) is 42.5 Å². The lowest BCUT2D eigenvalue weighted by Crippen LogP contribution is -2.35. The molecule has 2 aromatic carbocycles. The average molecular weight is 306 g/mol. The molecule has 2 atom stereocenters. The zero-order chi connectivity index (χ0) is 14.8. The van der Waals surface area contributed by atoms with E-state index in [1.54, 1.807) is 12.1 Å². The van der Waals surface area contributed by atoms with Crippen LogP contribution in [-0.4, -0.2) is 12.6 Å². The lowest BCUT2D eigenvalue weighted by Gasteiger charge is -2.25. The summed E-state index contributed by atoms with van der Waals surface area (Å²) < 4.78 is 20.2. The second-order valence-corrected chi connectivity index (χ2v) is 5.61. The maximum atomic E-state index is 14.2. The molecule has 0 spiro atoms. The number of nitrogens with one attached hydrogen (secondary N) is 1. The highest BCUT2D eigenvalue weighted by molar-refractivity contribution is 6.30. The molecule has 0 radical (unpaired) electrons. The summed E-state index contributed by atoms with van der Waals surface area (Å²) >= 11 is 5.84. The molecule has 3 rings (SSSR count). The Labute approximate surface area is 128 Å². The number of likely N-dealkylation sites (N-methyl/N-ethyl adjacent to an activating group) is 1. The fraction of sp³-hybridized carbons (Fsp3) is 0.294. The molecular formula is C17H17ClFNO. The van der Waals surface area contributed by atoms with Gasteiger partial charge in [-0.3, -0.25) is 0 Å². The second kappa shape index (κ2) is 6.04. The lowest BCUT2D eigenvalue weighted by molar-refractivity contribution is 0.177. The van der Waals surface area contributed by atoms with Gasteiger partial charge in [0.15, 0.2) is 0 Å². The molecule has 0 aromatic heterocycles. The van der Waals surface area contributed by atoms with Crippen molar-refractivity contribution in [2.24, 2.45) is 0 Å². The zero-order valence-corrected chi connectivity index (χ0v) is 12.5. The zero-order valence-electron chi connectivity index (χ0n) is 11.8. The van der Waals surface area contributed by atoms with Crippen LogP contribution in [0.4, 0.5) is 4.39 Å². The summed E-state index contributed by atoms with van der Waals surface area (Å²) in [7, 11) is 0. The van der Waals surface area contributed by atoms with Crippen molar-refractivity contribution in [3.05, 3.63) is 64.4 Å². The van der Waals surface area contributed by atoms with E-state index >= 15 is 0 Å². The van der Waals surface area contributed by atoms with Gasteiger partial charge in [-0.05, 0) is 30.3 Å². The Morgan fingerprint density at radius 1 is 1.33 bits per heavy atom. The minimum Gasteiger partial charge on any atom is -0.488 e. The van der Waals surface area contributed by atoms with Crippen LogP contribution in [0.2, 0.25) is 5.02 Å². The third-order valence-corrected chi connectivity index (χ3v) is 4.00. The van der Waals surface area contributed by atoms with Gasteiger partial charge >= 0.3 is 0 Å². The SMILES string of the molecule is CCNC(c1ccc(Cl)cc1F)C1Cc2ccccc2O1. The fourth-order valence-corrected chi connectivity index (χ4v) is 2.97. The topological polar surface area (TPSA) is 21.3 Å². The standard InChI is InChI=1S/C17H17ClFNO/c1-2-20-17(13-8-7-12(18)10-14(13)19)16-9-11-5-3-4-6-15(11)21-16/h3-8,10,16-17,20H,2,9H2,1H3. The number of rotatable bonds is 4. The Hall–Kier alpha value is -1.58. The Kier molecular flexibility index (Phi) is 4.13. The number of benzene rings is 2. The molecule has 4 heteroatoms. The maximum absolute atomic E-state index is 14.2. The summed E-state index contributed by atoms with van der Waals surface area (Å²) in [6.45, 7) is 2.74. The molecule has 1 aliphatic heterocycles. The summed E-state index contributed by atoms with van der Waals surface area (Å²) in [5, 5.41) is 3.73. The molecule has 0 saturated heterocycles. The van der Waals surface area contributed by atoms with E-state index in [-0.39, 0.29) is 18.0 Å². The summed E-state index contributed by atoms with van der Waals surface area (Å²) in [5.74, 6) is 0.591. The van der Waals surface area contributed by atoms with E-state index in [4.69, 9.17) is 16.3 Å². The van der Waals surface area contributed by atoms with Gasteiger partial charge in [0.1, 0.15) is 17.7 Å². The van der Waals surface area contributed by atoms with Crippen LogP contribution in [0.3, 0.4) is 0 Å². The van der Waals surface area contributed by atoms with Crippen LogP contribution in [0, 0.1) is 5.82 Å². The highest BCUT2D eigenvalue weighted by Crippen LogP contribution is 2.35. The van der Waals surface area contributed by atoms with Gasteiger partial charge in [-0.1, -0.05) is 42.8 Å². The van der Waals surface area contributed by atoms with Gasteiger partial charge in [0, 0.05) is 17.0 Å². The lowest BCUT2D eigenvalue weighted by atomic mass is 9.97. The highest BCUT2D eigenvalue weighted by atomic mass is 35.5. The Balaban J connectivity index is 1.89. The van der Waals surface area contributed by atoms with E-state index in [0.717, 1.165) is 18.7 Å². The quantitative estimate of drug-likeness (QED) is 0.917. The smallest absolute Gasteiger partial charge is 0.129 e. The van der Waals surface area contributed by atoms with Gasteiger partial charge in [-0.15, -0.1) is 0 Å². The van der Waals surface area contributed by atoms with E-state index in [0.29, 0.717) is 10.6 Å². The van der Waals surface area contributed by atoms with E-state index in [9.17, 15) is 4.39 Å². The minimum atomic E-state index is -0.298. The van der Waals surface area contributed by atoms with Crippen LogP contribution in [0.25, 0.3) is 0 Å². The Bertz CT molecular complexity index is 621. The van der Waals surface area contributed by atoms with Crippen molar-refractivity contribution in [3.8, 4) is 5.75 Å². The molecule has 1 heterocycles. The van der Waals surface area contributed by atoms with Crippen molar-refractivity contribution in [3.63, 3.8) is 0 Å². The van der Waals surface area contributed by atoms with E-state index < -0.39 is 0 Å². The van der Waals surface area contributed by atoms with Crippen molar-refractivity contribution in [2.75, 3.05) is 6.54 Å². The number of para-hydroxylation sites is 1. The van der Waals surface area contributed by atoms with Crippen molar-refractivity contribution < 1.29 is 9.13 Å². The normalized spacial score (nSPS) is 18.1. The van der Waals surface area contributed by atoms with Gasteiger partial charge in [0.05, 0.1) is 6.04 Å². The molecule has 0 bridgehead atoms. The average Bonchev–Trinajstić information content (AvgIpc) is 2.89. The van der Waals surface area contributed by atoms with Crippen LogP contribution in [0.5, 0.6) is 5.75 Å². The number of ether oxygens (including phenoxy) is 1. The summed E-state index contributed by atoms with van der Waals surface area (Å²) in [6, 6.07) is 12.6. The predicted molar refractivity (Wildman–Crippen MR) is 82.4 cm³/mol. The monoisotopic (exact) mass is 305 g/mol. The molecule has 2 nitrogen and oxygen atoms in total. The van der Waals surface area contributed by atoms with Crippen LogP contribution in [0.1, 0.15) is 24.1 Å². The minimum absolute atomic E-state index is 0.113. The van der Waals surface area contributed by atoms with Gasteiger partial charge in [-0.2, -0.15) is 0 Å². The van der Waals surface area contributed by atoms with E-state index in [1.165, 1.54) is 11.6 Å². The molecule has 0 saturated carbocycles. The third-order valence-electron chi connectivity index (χ3n) is 3.77. The first-order valence-electron chi connectivity index (χ1n) is 7.12. The number of hydrogen-bond donors (Lipinski definition) is 1. The second-order valence-electron chi connectivity index (χ2n) is 5.17. The molecule has 1 aliphatic rings. The van der Waals surface area contributed by atoms with Crippen molar-refractivity contribution in [1.29, 1.82) is 0 Å². The molecule has 0 aliphatic carbocycles. The molecule has 21 heavy (non-hydrogen) atoms. The number of halogens is 2. The number of hydrogen-bond acceptors (Lipinski definition) is 2. The van der Waals surface area contributed by atoms with Gasteiger partial charge in [0.25, 0.3) is 0 Å². The highest BCUT2D eigenvalue weighted by Gasteiger charge is 2.32. The molecule has 0 fully saturated rings. The van der Waals surface area contributed by atoms with Gasteiger partial charge in [0.2, 0.25) is 0 Å². The van der Waals surface area contributed by atoms with E-state index in [2.05, 4.69) is 11.4 Å². The first kappa shape index (κ1) is 14.4. The molecule has 1 N–H and O–H groups in total. The third kappa shape index (κ3) is 2.89. The molecule has 110 valence electrons. The summed E-state index contributed by atoms with van der Waals surface area (Å²) in [6.07, 6.45) is 0.661. The van der Waals surface area contributed by atoms with E-state index in [1.807, 2.05) is 25.1 Å². The molecule has 0 amide bonds. The Morgan fingerprint density at radius 2 is 2.14 bits per heavy atom. The molecular weight excluding hydrogens is 289 g/mol.